The van der Waals surface area contributed by atoms with Gasteiger partial charge in [0.05, 0.1) is 14.4 Å². The van der Waals surface area contributed by atoms with Crippen LogP contribution in [-0.4, -0.2) is 10.1 Å². The molecule has 0 amide bonds. The van der Waals surface area contributed by atoms with E-state index in [1.165, 1.54) is 23.1 Å². The minimum atomic E-state index is -0.413. The Morgan fingerprint density at radius 3 is 2.77 bits per heavy atom. The largest absolute Gasteiger partial charge is 0.506 e. The minimum Gasteiger partial charge on any atom is -0.506 e. The second-order valence-corrected chi connectivity index (χ2v) is 7.69. The number of nitrogens with zero attached hydrogens (tertiary/aromatic N) is 1. The Labute approximate surface area is 142 Å². The number of halogens is 1. The second-order valence-electron chi connectivity index (χ2n) is 4.51. The minimum absolute atomic E-state index is 0.0873. The number of nitrogens with one attached hydrogen (secondary N) is 1. The van der Waals surface area contributed by atoms with Crippen molar-refractivity contribution in [3.63, 3.8) is 0 Å². The lowest BCUT2D eigenvalue weighted by molar-refractivity contribution is 0.481. The van der Waals surface area contributed by atoms with Crippen molar-refractivity contribution in [2.75, 3.05) is 0 Å². The van der Waals surface area contributed by atoms with E-state index in [1.54, 1.807) is 0 Å². The molecule has 22 heavy (non-hydrogen) atoms. The number of thiophene rings is 1. The fourth-order valence-electron chi connectivity index (χ4n) is 1.99. The van der Waals surface area contributed by atoms with E-state index in [0.717, 1.165) is 20.3 Å². The number of nitriles is 1. The molecule has 0 aliphatic heterocycles. The van der Waals surface area contributed by atoms with Crippen molar-refractivity contribution in [1.29, 1.82) is 5.26 Å². The zero-order valence-corrected chi connectivity index (χ0v) is 14.3. The lowest BCUT2D eigenvalue weighted by Gasteiger charge is -2.00. The number of thioether (sulfide) groups is 1. The van der Waals surface area contributed by atoms with Crippen LogP contribution < -0.4 is 5.56 Å². The highest BCUT2D eigenvalue weighted by molar-refractivity contribution is 9.10. The Hall–Kier alpha value is -1.75. The van der Waals surface area contributed by atoms with Gasteiger partial charge in [-0.05, 0) is 17.7 Å². The molecule has 0 spiro atoms. The van der Waals surface area contributed by atoms with Gasteiger partial charge in [-0.3, -0.25) is 4.79 Å². The number of H-pyrrole nitrogens is 1. The molecule has 4 nitrogen and oxygen atoms in total. The smallest absolute Gasteiger partial charge is 0.252 e. The summed E-state index contributed by atoms with van der Waals surface area (Å²) in [5, 5.41) is 19.2. The maximum atomic E-state index is 11.5. The van der Waals surface area contributed by atoms with Crippen LogP contribution in [0.5, 0.6) is 5.75 Å². The lowest BCUT2D eigenvalue weighted by atomic mass is 10.2. The van der Waals surface area contributed by atoms with Crippen molar-refractivity contribution in [2.45, 2.75) is 9.96 Å². The van der Waals surface area contributed by atoms with E-state index in [9.17, 15) is 15.2 Å². The molecular weight excluding hydrogens is 384 g/mol. The first kappa shape index (κ1) is 15.2. The normalized spacial score (nSPS) is 10.7. The zero-order valence-electron chi connectivity index (χ0n) is 11.1. The summed E-state index contributed by atoms with van der Waals surface area (Å²) in [4.78, 5) is 14.1. The van der Waals surface area contributed by atoms with Crippen LogP contribution in [0.15, 0.2) is 43.8 Å². The van der Waals surface area contributed by atoms with Gasteiger partial charge in [0.15, 0.2) is 0 Å². The first-order chi connectivity index (χ1) is 10.6. The highest BCUT2D eigenvalue weighted by Crippen LogP contribution is 2.40. The highest BCUT2D eigenvalue weighted by Gasteiger charge is 2.16. The van der Waals surface area contributed by atoms with E-state index in [4.69, 9.17) is 0 Å². The molecule has 110 valence electrons. The first-order valence-electron chi connectivity index (χ1n) is 6.24. The summed E-state index contributed by atoms with van der Waals surface area (Å²) >= 11 is 6.23. The zero-order chi connectivity index (χ0) is 15.7. The second kappa shape index (κ2) is 6.16. The number of aromatic hydroxyl groups is 1. The molecule has 0 atom stereocenters. The molecule has 0 bridgehead atoms. The number of pyridine rings is 1. The van der Waals surface area contributed by atoms with Crippen LogP contribution in [0.2, 0.25) is 0 Å². The average Bonchev–Trinajstić information content (AvgIpc) is 2.84. The molecule has 0 aliphatic rings. The van der Waals surface area contributed by atoms with Crippen molar-refractivity contribution in [1.82, 2.24) is 4.98 Å². The molecule has 7 heteroatoms. The van der Waals surface area contributed by atoms with E-state index >= 15 is 0 Å². The third-order valence-electron chi connectivity index (χ3n) is 3.02. The summed E-state index contributed by atoms with van der Waals surface area (Å²) in [7, 11) is 0. The highest BCUT2D eigenvalue weighted by atomic mass is 79.9. The van der Waals surface area contributed by atoms with Crippen molar-refractivity contribution >= 4 is 49.2 Å². The number of hydrogen-bond donors (Lipinski definition) is 2. The maximum absolute atomic E-state index is 11.5. The predicted octanol–water partition coefficient (Wildman–Crippen LogP) is 4.22. The molecule has 2 aromatic heterocycles. The van der Waals surface area contributed by atoms with E-state index in [0.29, 0.717) is 21.5 Å². The fourth-order valence-corrected chi connectivity index (χ4v) is 4.55. The molecule has 0 saturated carbocycles. The Morgan fingerprint density at radius 2 is 2.09 bits per heavy atom. The topological polar surface area (TPSA) is 76.9 Å². The molecule has 0 fully saturated rings. The van der Waals surface area contributed by atoms with Crippen LogP contribution in [0, 0.1) is 11.3 Å². The van der Waals surface area contributed by atoms with Crippen molar-refractivity contribution in [3.05, 3.63) is 56.3 Å². The van der Waals surface area contributed by atoms with Crippen molar-refractivity contribution in [3.8, 4) is 11.8 Å². The van der Waals surface area contributed by atoms with Gasteiger partial charge >= 0.3 is 0 Å². The third kappa shape index (κ3) is 2.90. The lowest BCUT2D eigenvalue weighted by Crippen LogP contribution is -2.02. The number of benzene rings is 1. The number of rotatable bonds is 3. The number of aromatic nitrogens is 1. The Kier molecular flexibility index (Phi) is 4.25. The molecule has 0 unspecified atom stereocenters. The molecule has 0 radical (unpaired) electrons. The van der Waals surface area contributed by atoms with Crippen LogP contribution in [0.3, 0.4) is 0 Å². The fraction of sp³-hybridized carbons (Fsp3) is 0.0667. The van der Waals surface area contributed by atoms with Crippen molar-refractivity contribution < 1.29 is 5.11 Å². The van der Waals surface area contributed by atoms with Gasteiger partial charge in [0, 0.05) is 16.3 Å². The van der Waals surface area contributed by atoms with Crippen LogP contribution in [-0.2, 0) is 5.75 Å². The van der Waals surface area contributed by atoms with Gasteiger partial charge in [0.2, 0.25) is 0 Å². The molecule has 2 N–H and O–H groups in total. The quantitative estimate of drug-likeness (QED) is 0.654. The van der Waals surface area contributed by atoms with Crippen LogP contribution in [0.1, 0.15) is 11.1 Å². The van der Waals surface area contributed by atoms with Gasteiger partial charge in [-0.1, -0.05) is 28.1 Å². The summed E-state index contributed by atoms with van der Waals surface area (Å²) in [6.07, 6.45) is 0. The van der Waals surface area contributed by atoms with Crippen LogP contribution >= 0.6 is 39.0 Å². The Morgan fingerprint density at radius 1 is 1.36 bits per heavy atom. The van der Waals surface area contributed by atoms with Gasteiger partial charge in [0.25, 0.3) is 5.56 Å². The number of aromatic amines is 1. The third-order valence-corrected chi connectivity index (χ3v) is 6.10. The summed E-state index contributed by atoms with van der Waals surface area (Å²) in [5.41, 5.74) is 1.54. The van der Waals surface area contributed by atoms with E-state index in [-0.39, 0.29) is 5.75 Å². The SMILES string of the molecule is N#Cc1c(SCc2ccc(Br)cc2)sc2c(O)cc(=O)[nH]c12. The van der Waals surface area contributed by atoms with Gasteiger partial charge in [-0.2, -0.15) is 5.26 Å². The van der Waals surface area contributed by atoms with Gasteiger partial charge < -0.3 is 10.1 Å². The van der Waals surface area contributed by atoms with E-state index < -0.39 is 5.56 Å². The van der Waals surface area contributed by atoms with Crippen molar-refractivity contribution in [2.24, 2.45) is 0 Å². The Balaban J connectivity index is 1.97. The monoisotopic (exact) mass is 392 g/mol. The van der Waals surface area contributed by atoms with Gasteiger partial charge in [-0.15, -0.1) is 23.1 Å². The molecule has 0 aliphatic carbocycles. The van der Waals surface area contributed by atoms with Gasteiger partial charge in [-0.25, -0.2) is 0 Å². The Bertz CT molecular complexity index is 939. The standard InChI is InChI=1S/C15H9BrN2O2S2/c16-9-3-1-8(2-4-9)7-21-15-10(6-17)13-14(22-15)11(19)5-12(20)18-13/h1-5H,7H2,(H2,18,19,20). The maximum Gasteiger partial charge on any atom is 0.252 e. The number of fused-ring (bicyclic) bond motifs is 1. The average molecular weight is 393 g/mol. The number of hydrogen-bond acceptors (Lipinski definition) is 5. The molecule has 0 saturated heterocycles. The van der Waals surface area contributed by atoms with Gasteiger partial charge in [0.1, 0.15) is 17.4 Å². The predicted molar refractivity (Wildman–Crippen MR) is 92.5 cm³/mol. The molecule has 2 heterocycles. The summed E-state index contributed by atoms with van der Waals surface area (Å²) in [6.45, 7) is 0. The molecule has 3 aromatic rings. The first-order valence-corrected chi connectivity index (χ1v) is 8.84. The summed E-state index contributed by atoms with van der Waals surface area (Å²) in [5.74, 6) is 0.621. The molecule has 3 rings (SSSR count). The molecular formula is C15H9BrN2O2S2. The van der Waals surface area contributed by atoms with E-state index in [2.05, 4.69) is 27.0 Å². The summed E-state index contributed by atoms with van der Waals surface area (Å²) in [6, 6.07) is 11.2. The molecule has 1 aromatic carbocycles. The van der Waals surface area contributed by atoms with E-state index in [1.807, 2.05) is 24.3 Å². The van der Waals surface area contributed by atoms with Crippen LogP contribution in [0.4, 0.5) is 0 Å². The van der Waals surface area contributed by atoms with Crippen LogP contribution in [0.25, 0.3) is 10.2 Å². The summed E-state index contributed by atoms with van der Waals surface area (Å²) < 4.78 is 2.34.